The third-order valence-electron chi connectivity index (χ3n) is 4.54. The van der Waals surface area contributed by atoms with Crippen LogP contribution in [0.5, 0.6) is 5.75 Å². The number of carbonyl (C=O) groups is 1. The van der Waals surface area contributed by atoms with Crippen molar-refractivity contribution in [1.29, 1.82) is 0 Å². The molecule has 1 aliphatic rings. The van der Waals surface area contributed by atoms with Gasteiger partial charge >= 0.3 is 5.69 Å². The van der Waals surface area contributed by atoms with Gasteiger partial charge in [-0.05, 0) is 37.8 Å². The van der Waals surface area contributed by atoms with E-state index in [1.165, 1.54) is 10.7 Å². The third kappa shape index (κ3) is 5.18. The number of aromatic nitrogens is 3. The highest BCUT2D eigenvalue weighted by Gasteiger charge is 2.16. The normalized spacial score (nSPS) is 13.2. The van der Waals surface area contributed by atoms with Crippen LogP contribution >= 0.6 is 0 Å². The van der Waals surface area contributed by atoms with Gasteiger partial charge in [-0.25, -0.2) is 13.9 Å². The fourth-order valence-electron chi connectivity index (χ4n) is 3.12. The molecule has 0 spiro atoms. The van der Waals surface area contributed by atoms with Crippen molar-refractivity contribution in [3.05, 3.63) is 46.4 Å². The summed E-state index contributed by atoms with van der Waals surface area (Å²) in [6.07, 6.45) is 4.42. The van der Waals surface area contributed by atoms with Crippen molar-refractivity contribution in [3.63, 3.8) is 0 Å². The molecule has 1 aromatic heterocycles. The quantitative estimate of drug-likeness (QED) is 0.678. The Morgan fingerprint density at radius 2 is 2.11 bits per heavy atom. The van der Waals surface area contributed by atoms with Crippen molar-refractivity contribution in [2.45, 2.75) is 51.6 Å². The zero-order chi connectivity index (χ0) is 19.1. The maximum Gasteiger partial charge on any atom is 0.345 e. The van der Waals surface area contributed by atoms with Gasteiger partial charge in [-0.1, -0.05) is 12.1 Å². The van der Waals surface area contributed by atoms with Crippen LogP contribution in [0.2, 0.25) is 0 Å². The molecule has 1 aromatic carbocycles. The first-order chi connectivity index (χ1) is 13.1. The molecule has 1 N–H and O–H groups in total. The molecule has 2 heterocycles. The molecular weight excluding hydrogens is 351 g/mol. The van der Waals surface area contributed by atoms with E-state index in [-0.39, 0.29) is 24.0 Å². The second-order valence-corrected chi connectivity index (χ2v) is 6.62. The van der Waals surface area contributed by atoms with Crippen LogP contribution in [-0.2, 0) is 24.3 Å². The van der Waals surface area contributed by atoms with E-state index in [4.69, 9.17) is 4.74 Å². The summed E-state index contributed by atoms with van der Waals surface area (Å²) in [5.41, 5.74) is -0.0543. The maximum absolute atomic E-state index is 13.4. The van der Waals surface area contributed by atoms with E-state index in [2.05, 4.69) is 10.4 Å². The van der Waals surface area contributed by atoms with E-state index >= 15 is 0 Å². The van der Waals surface area contributed by atoms with Gasteiger partial charge in [0.15, 0.2) is 11.6 Å². The molecule has 7 nitrogen and oxygen atoms in total. The third-order valence-corrected chi connectivity index (χ3v) is 4.54. The van der Waals surface area contributed by atoms with Crippen molar-refractivity contribution in [2.24, 2.45) is 0 Å². The second kappa shape index (κ2) is 9.34. The van der Waals surface area contributed by atoms with Crippen LogP contribution in [-0.4, -0.2) is 33.4 Å². The van der Waals surface area contributed by atoms with Crippen molar-refractivity contribution < 1.29 is 13.9 Å². The summed E-state index contributed by atoms with van der Waals surface area (Å²) >= 11 is 0. The van der Waals surface area contributed by atoms with Gasteiger partial charge < -0.3 is 10.1 Å². The lowest BCUT2D eigenvalue weighted by atomic mass is 10.2. The number of ether oxygens (including phenoxy) is 1. The molecule has 1 amide bonds. The Morgan fingerprint density at radius 1 is 1.26 bits per heavy atom. The Bertz CT molecular complexity index is 831. The molecule has 0 radical (unpaired) electrons. The fourth-order valence-corrected chi connectivity index (χ4v) is 3.12. The Hall–Kier alpha value is -2.64. The number of halogens is 1. The van der Waals surface area contributed by atoms with Crippen LogP contribution in [0.1, 0.15) is 37.9 Å². The number of para-hydroxylation sites is 1. The molecule has 3 rings (SSSR count). The molecule has 1 aliphatic heterocycles. The summed E-state index contributed by atoms with van der Waals surface area (Å²) in [5.74, 6) is 0.582. The van der Waals surface area contributed by atoms with E-state index in [1.54, 1.807) is 22.8 Å². The van der Waals surface area contributed by atoms with Crippen LogP contribution in [0.15, 0.2) is 29.1 Å². The monoisotopic (exact) mass is 376 g/mol. The maximum atomic E-state index is 13.4. The van der Waals surface area contributed by atoms with Gasteiger partial charge in [-0.15, -0.1) is 0 Å². The minimum Gasteiger partial charge on any atom is -0.491 e. The lowest BCUT2D eigenvalue weighted by molar-refractivity contribution is -0.121. The van der Waals surface area contributed by atoms with Crippen molar-refractivity contribution in [1.82, 2.24) is 19.7 Å². The predicted molar refractivity (Wildman–Crippen MR) is 98.2 cm³/mol. The van der Waals surface area contributed by atoms with Gasteiger partial charge in [0.25, 0.3) is 0 Å². The number of amides is 1. The van der Waals surface area contributed by atoms with Crippen molar-refractivity contribution in [2.75, 3.05) is 13.2 Å². The summed E-state index contributed by atoms with van der Waals surface area (Å²) in [6, 6.07) is 6.20. The first-order valence-corrected chi connectivity index (χ1v) is 9.45. The van der Waals surface area contributed by atoms with Gasteiger partial charge in [0, 0.05) is 32.5 Å². The molecule has 0 aliphatic carbocycles. The number of aryl methyl sites for hydroxylation is 2. The van der Waals surface area contributed by atoms with Crippen LogP contribution < -0.4 is 15.7 Å². The number of rotatable bonds is 9. The first kappa shape index (κ1) is 19.1. The number of benzene rings is 1. The largest absolute Gasteiger partial charge is 0.491 e. The van der Waals surface area contributed by atoms with Crippen LogP contribution in [0.25, 0.3) is 0 Å². The molecular formula is C19H25FN4O3. The van der Waals surface area contributed by atoms with E-state index < -0.39 is 5.82 Å². The van der Waals surface area contributed by atoms with Gasteiger partial charge in [-0.3, -0.25) is 9.36 Å². The molecule has 0 saturated heterocycles. The van der Waals surface area contributed by atoms with Crippen molar-refractivity contribution >= 4 is 5.91 Å². The summed E-state index contributed by atoms with van der Waals surface area (Å²) in [4.78, 5) is 24.0. The van der Waals surface area contributed by atoms with Gasteiger partial charge in [-0.2, -0.15) is 5.10 Å². The molecule has 0 saturated carbocycles. The zero-order valence-electron chi connectivity index (χ0n) is 15.3. The molecule has 2 aromatic rings. The van der Waals surface area contributed by atoms with E-state index in [0.29, 0.717) is 32.4 Å². The van der Waals surface area contributed by atoms with Crippen molar-refractivity contribution in [3.8, 4) is 5.75 Å². The highest BCUT2D eigenvalue weighted by molar-refractivity contribution is 5.75. The summed E-state index contributed by atoms with van der Waals surface area (Å²) in [6.45, 7) is 2.01. The van der Waals surface area contributed by atoms with Gasteiger partial charge in [0.2, 0.25) is 5.91 Å². The molecule has 0 atom stereocenters. The van der Waals surface area contributed by atoms with Crippen LogP contribution in [0, 0.1) is 5.82 Å². The van der Waals surface area contributed by atoms with Crippen LogP contribution in [0.4, 0.5) is 4.39 Å². The average Bonchev–Trinajstić information content (AvgIpc) is 3.00. The smallest absolute Gasteiger partial charge is 0.345 e. The molecule has 27 heavy (non-hydrogen) atoms. The molecule has 0 fully saturated rings. The highest BCUT2D eigenvalue weighted by atomic mass is 19.1. The number of hydrogen-bond acceptors (Lipinski definition) is 4. The minimum atomic E-state index is -0.404. The number of carbonyl (C=O) groups excluding carboxylic acids is 1. The SMILES string of the molecule is O=C(CCCOc1ccccc1F)NCCCn1nc2n(c1=O)CCCC2. The fraction of sp³-hybridized carbons (Fsp3) is 0.526. The number of nitrogens with zero attached hydrogens (tertiary/aromatic N) is 3. The Kier molecular flexibility index (Phi) is 6.62. The minimum absolute atomic E-state index is 0.0543. The average molecular weight is 376 g/mol. The lowest BCUT2D eigenvalue weighted by Crippen LogP contribution is -2.29. The number of fused-ring (bicyclic) bond motifs is 1. The summed E-state index contributed by atoms with van der Waals surface area (Å²) < 4.78 is 22.0. The zero-order valence-corrected chi connectivity index (χ0v) is 15.3. The topological polar surface area (TPSA) is 78.2 Å². The lowest BCUT2D eigenvalue weighted by Gasteiger charge is -2.09. The first-order valence-electron chi connectivity index (χ1n) is 9.45. The van der Waals surface area contributed by atoms with Crippen LogP contribution in [0.3, 0.4) is 0 Å². The Morgan fingerprint density at radius 3 is 2.93 bits per heavy atom. The number of hydrogen-bond donors (Lipinski definition) is 1. The molecule has 146 valence electrons. The molecule has 0 bridgehead atoms. The van der Waals surface area contributed by atoms with E-state index in [9.17, 15) is 14.0 Å². The van der Waals surface area contributed by atoms with E-state index in [1.807, 2.05) is 0 Å². The van der Waals surface area contributed by atoms with Gasteiger partial charge in [0.1, 0.15) is 5.82 Å². The Labute approximate surface area is 157 Å². The predicted octanol–water partition coefficient (Wildman–Crippen LogP) is 1.89. The summed E-state index contributed by atoms with van der Waals surface area (Å²) in [5, 5.41) is 7.20. The number of nitrogens with one attached hydrogen (secondary N) is 1. The Balaban J connectivity index is 1.30. The van der Waals surface area contributed by atoms with Gasteiger partial charge in [0.05, 0.1) is 6.61 Å². The standard InChI is InChI=1S/C19H25FN4O3/c20-15-7-1-2-8-16(15)27-14-5-10-18(25)21-11-6-13-24-19(26)23-12-4-3-9-17(23)22-24/h1-2,7-8H,3-6,9-14H2,(H,21,25). The highest BCUT2D eigenvalue weighted by Crippen LogP contribution is 2.15. The molecule has 8 heteroatoms. The molecule has 0 unspecified atom stereocenters. The second-order valence-electron chi connectivity index (χ2n) is 6.62. The van der Waals surface area contributed by atoms with E-state index in [0.717, 1.165) is 31.6 Å². The summed E-state index contributed by atoms with van der Waals surface area (Å²) in [7, 11) is 0.